The lowest BCUT2D eigenvalue weighted by atomic mass is 10.3. The lowest BCUT2D eigenvalue weighted by Crippen LogP contribution is -1.64. The average molecular weight is 252 g/mol. The number of benzene rings is 2. The van der Waals surface area contributed by atoms with E-state index in [9.17, 15) is 0 Å². The van der Waals surface area contributed by atoms with E-state index in [-0.39, 0.29) is 11.5 Å². The van der Waals surface area contributed by atoms with Crippen molar-refractivity contribution in [2.75, 3.05) is 0 Å². The van der Waals surface area contributed by atoms with Crippen LogP contribution in [0.25, 0.3) is 0 Å². The molecule has 4 heteroatoms. The second-order valence-corrected chi connectivity index (χ2v) is 4.01. The van der Waals surface area contributed by atoms with E-state index in [1.165, 1.54) is 0 Å². The Kier molecular flexibility index (Phi) is 5.08. The van der Waals surface area contributed by atoms with E-state index in [0.29, 0.717) is 4.90 Å². The highest BCUT2D eigenvalue weighted by atomic mass is 32.1. The standard InChI is InChI=1S/2C6H6OS/c7-5-2-1-3-6(8)4-5;7-5-3-1-2-4-6(5)8/h2*1-4,7-8H. The van der Waals surface area contributed by atoms with Gasteiger partial charge in [0.2, 0.25) is 0 Å². The van der Waals surface area contributed by atoms with Gasteiger partial charge < -0.3 is 10.2 Å². The van der Waals surface area contributed by atoms with Crippen molar-refractivity contribution in [3.8, 4) is 11.5 Å². The molecule has 0 saturated carbocycles. The Labute approximate surface area is 105 Å². The van der Waals surface area contributed by atoms with Crippen molar-refractivity contribution in [3.63, 3.8) is 0 Å². The van der Waals surface area contributed by atoms with Gasteiger partial charge in [-0.1, -0.05) is 18.2 Å². The zero-order valence-electron chi connectivity index (χ0n) is 8.41. The predicted octanol–water partition coefficient (Wildman–Crippen LogP) is 3.36. The molecule has 0 aromatic heterocycles. The summed E-state index contributed by atoms with van der Waals surface area (Å²) < 4.78 is 0. The number of thiol groups is 2. The van der Waals surface area contributed by atoms with Crippen LogP contribution in [0.2, 0.25) is 0 Å². The van der Waals surface area contributed by atoms with Crippen molar-refractivity contribution >= 4 is 25.3 Å². The summed E-state index contributed by atoms with van der Waals surface area (Å²) in [6, 6.07) is 13.7. The first-order valence-electron chi connectivity index (χ1n) is 4.54. The van der Waals surface area contributed by atoms with Crippen LogP contribution < -0.4 is 0 Å². The smallest absolute Gasteiger partial charge is 0.128 e. The molecule has 16 heavy (non-hydrogen) atoms. The summed E-state index contributed by atoms with van der Waals surface area (Å²) in [6.45, 7) is 0. The van der Waals surface area contributed by atoms with Crippen molar-refractivity contribution in [3.05, 3.63) is 48.5 Å². The van der Waals surface area contributed by atoms with Crippen LogP contribution in [0.1, 0.15) is 0 Å². The van der Waals surface area contributed by atoms with E-state index in [1.807, 2.05) is 12.1 Å². The fourth-order valence-electron chi connectivity index (χ4n) is 0.957. The minimum Gasteiger partial charge on any atom is -0.508 e. The topological polar surface area (TPSA) is 40.5 Å². The summed E-state index contributed by atoms with van der Waals surface area (Å²) in [5.41, 5.74) is 0. The number of phenolic OH excluding ortho intramolecular Hbond substituents is 2. The molecular formula is C12H12O2S2. The third-order valence-corrected chi connectivity index (χ3v) is 2.37. The van der Waals surface area contributed by atoms with Crippen LogP contribution in [0.5, 0.6) is 11.5 Å². The van der Waals surface area contributed by atoms with Crippen molar-refractivity contribution in [1.29, 1.82) is 0 Å². The molecule has 84 valence electrons. The Morgan fingerprint density at radius 2 is 1.50 bits per heavy atom. The highest BCUT2D eigenvalue weighted by molar-refractivity contribution is 7.80. The number of hydrogen-bond acceptors (Lipinski definition) is 4. The Hall–Kier alpha value is -1.26. The number of rotatable bonds is 0. The van der Waals surface area contributed by atoms with Crippen LogP contribution in [0, 0.1) is 0 Å². The third-order valence-electron chi connectivity index (χ3n) is 1.71. The number of hydrogen-bond donors (Lipinski definition) is 4. The highest BCUT2D eigenvalue weighted by Crippen LogP contribution is 2.18. The molecule has 0 aliphatic heterocycles. The predicted molar refractivity (Wildman–Crippen MR) is 70.7 cm³/mol. The monoisotopic (exact) mass is 252 g/mol. The zero-order valence-corrected chi connectivity index (χ0v) is 10.2. The van der Waals surface area contributed by atoms with Gasteiger partial charge in [-0.2, -0.15) is 0 Å². The van der Waals surface area contributed by atoms with E-state index in [2.05, 4.69) is 25.3 Å². The van der Waals surface area contributed by atoms with E-state index in [1.54, 1.807) is 36.4 Å². The Morgan fingerprint density at radius 1 is 0.812 bits per heavy atom. The van der Waals surface area contributed by atoms with Gasteiger partial charge in [0.1, 0.15) is 11.5 Å². The lowest BCUT2D eigenvalue weighted by Gasteiger charge is -1.91. The normalized spacial score (nSPS) is 9.12. The van der Waals surface area contributed by atoms with Gasteiger partial charge in [-0.3, -0.25) is 0 Å². The van der Waals surface area contributed by atoms with Gasteiger partial charge in [0.05, 0.1) is 0 Å². The summed E-state index contributed by atoms with van der Waals surface area (Å²) in [7, 11) is 0. The molecule has 0 atom stereocenters. The van der Waals surface area contributed by atoms with Crippen LogP contribution in [0.3, 0.4) is 0 Å². The fraction of sp³-hybridized carbons (Fsp3) is 0. The number of aromatic hydroxyl groups is 2. The van der Waals surface area contributed by atoms with Crippen LogP contribution in [0.4, 0.5) is 0 Å². The second kappa shape index (κ2) is 6.35. The van der Waals surface area contributed by atoms with Gasteiger partial charge in [0.15, 0.2) is 0 Å². The zero-order chi connectivity index (χ0) is 12.0. The first-order chi connectivity index (χ1) is 7.59. The molecule has 2 nitrogen and oxygen atoms in total. The number of phenols is 2. The Balaban J connectivity index is 0.000000160. The molecule has 0 saturated heterocycles. The molecule has 2 N–H and O–H groups in total. The van der Waals surface area contributed by atoms with Crippen molar-refractivity contribution in [1.82, 2.24) is 0 Å². The van der Waals surface area contributed by atoms with Crippen LogP contribution in [-0.2, 0) is 0 Å². The Bertz CT molecular complexity index is 420. The van der Waals surface area contributed by atoms with E-state index < -0.39 is 0 Å². The van der Waals surface area contributed by atoms with Gasteiger partial charge in [-0.05, 0) is 30.3 Å². The van der Waals surface area contributed by atoms with Crippen molar-refractivity contribution in [2.24, 2.45) is 0 Å². The lowest BCUT2D eigenvalue weighted by molar-refractivity contribution is 0.462. The molecule has 0 heterocycles. The summed E-state index contributed by atoms with van der Waals surface area (Å²) in [4.78, 5) is 1.40. The molecule has 0 aliphatic rings. The average Bonchev–Trinajstić information content (AvgIpc) is 2.23. The van der Waals surface area contributed by atoms with Crippen LogP contribution in [0.15, 0.2) is 58.3 Å². The van der Waals surface area contributed by atoms with Gasteiger partial charge >= 0.3 is 0 Å². The molecule has 0 fully saturated rings. The summed E-state index contributed by atoms with van der Waals surface area (Å²) in [6.07, 6.45) is 0. The van der Waals surface area contributed by atoms with Gasteiger partial charge in [0.25, 0.3) is 0 Å². The Morgan fingerprint density at radius 3 is 1.88 bits per heavy atom. The molecule has 2 rings (SSSR count). The summed E-state index contributed by atoms with van der Waals surface area (Å²) in [5, 5.41) is 17.6. The molecule has 0 spiro atoms. The summed E-state index contributed by atoms with van der Waals surface area (Å²) in [5.74, 6) is 0.494. The maximum absolute atomic E-state index is 8.84. The van der Waals surface area contributed by atoms with Crippen LogP contribution >= 0.6 is 25.3 Å². The maximum atomic E-state index is 8.84. The highest BCUT2D eigenvalue weighted by Gasteiger charge is 1.88. The van der Waals surface area contributed by atoms with Gasteiger partial charge in [-0.15, -0.1) is 25.3 Å². The number of para-hydroxylation sites is 1. The third kappa shape index (κ3) is 4.51. The molecule has 0 radical (unpaired) electrons. The van der Waals surface area contributed by atoms with E-state index in [4.69, 9.17) is 10.2 Å². The molecule has 2 aromatic rings. The molecular weight excluding hydrogens is 240 g/mol. The molecule has 0 unspecified atom stereocenters. The first-order valence-corrected chi connectivity index (χ1v) is 5.44. The molecule has 0 bridgehead atoms. The fourth-order valence-corrected chi connectivity index (χ4v) is 1.34. The maximum Gasteiger partial charge on any atom is 0.128 e. The quantitative estimate of drug-likeness (QED) is 0.543. The van der Waals surface area contributed by atoms with Crippen molar-refractivity contribution in [2.45, 2.75) is 9.79 Å². The second-order valence-electron chi connectivity index (χ2n) is 3.01. The minimum absolute atomic E-state index is 0.232. The molecule has 0 aliphatic carbocycles. The van der Waals surface area contributed by atoms with Crippen LogP contribution in [-0.4, -0.2) is 10.2 Å². The summed E-state index contributed by atoms with van der Waals surface area (Å²) >= 11 is 7.94. The van der Waals surface area contributed by atoms with Gasteiger partial charge in [-0.25, -0.2) is 0 Å². The van der Waals surface area contributed by atoms with E-state index in [0.717, 1.165) is 4.90 Å². The molecule has 0 amide bonds. The van der Waals surface area contributed by atoms with E-state index >= 15 is 0 Å². The van der Waals surface area contributed by atoms with Crippen molar-refractivity contribution < 1.29 is 10.2 Å². The SMILES string of the molecule is Oc1cccc(S)c1.Oc1ccccc1S. The first kappa shape index (κ1) is 12.8. The largest absolute Gasteiger partial charge is 0.508 e. The minimum atomic E-state index is 0.232. The molecule has 2 aromatic carbocycles. The van der Waals surface area contributed by atoms with Gasteiger partial charge in [0, 0.05) is 9.79 Å².